The van der Waals surface area contributed by atoms with Gasteiger partial charge in [-0.25, -0.2) is 19.3 Å². The number of nitrogens with one attached hydrogen (secondary N) is 1. The summed E-state index contributed by atoms with van der Waals surface area (Å²) in [5, 5.41) is 3.32. The van der Waals surface area contributed by atoms with Crippen molar-refractivity contribution in [2.45, 2.75) is 6.54 Å². The van der Waals surface area contributed by atoms with Gasteiger partial charge in [0.2, 0.25) is 0 Å². The first kappa shape index (κ1) is 15.9. The number of aromatic nitrogens is 3. The molecule has 3 heterocycles. The van der Waals surface area contributed by atoms with Gasteiger partial charge in [-0.15, -0.1) is 0 Å². The maximum absolute atomic E-state index is 14.2. The number of piperazine rings is 1. The molecule has 0 amide bonds. The van der Waals surface area contributed by atoms with Crippen molar-refractivity contribution >= 4 is 16.9 Å². The Morgan fingerprint density at radius 2 is 1.96 bits per heavy atom. The molecule has 6 nitrogen and oxygen atoms in total. The molecule has 4 rings (SSSR count). The Morgan fingerprint density at radius 3 is 2.80 bits per heavy atom. The maximum atomic E-state index is 14.2. The highest BCUT2D eigenvalue weighted by Crippen LogP contribution is 2.24. The Labute approximate surface area is 144 Å². The fourth-order valence-corrected chi connectivity index (χ4v) is 3.14. The Morgan fingerprint density at radius 1 is 1.12 bits per heavy atom. The van der Waals surface area contributed by atoms with Gasteiger partial charge in [-0.05, 0) is 35.9 Å². The second-order valence-corrected chi connectivity index (χ2v) is 6.20. The average Bonchev–Trinajstić information content (AvgIpc) is 2.62. The van der Waals surface area contributed by atoms with Crippen LogP contribution in [-0.4, -0.2) is 46.0 Å². The Bertz CT molecular complexity index is 907. The molecule has 0 saturated carbocycles. The zero-order valence-electron chi connectivity index (χ0n) is 13.7. The summed E-state index contributed by atoms with van der Waals surface area (Å²) in [5.41, 5.74) is 9.43. The molecule has 0 radical (unpaired) electrons. The summed E-state index contributed by atoms with van der Waals surface area (Å²) in [6.45, 7) is 4.59. The molecule has 1 aromatic carbocycles. The molecule has 1 aliphatic rings. The first-order valence-corrected chi connectivity index (χ1v) is 8.29. The van der Waals surface area contributed by atoms with Gasteiger partial charge in [0.15, 0.2) is 5.82 Å². The molecule has 0 atom stereocenters. The van der Waals surface area contributed by atoms with Crippen molar-refractivity contribution < 1.29 is 4.39 Å². The van der Waals surface area contributed by atoms with E-state index in [-0.39, 0.29) is 5.82 Å². The van der Waals surface area contributed by atoms with Crippen LogP contribution in [-0.2, 0) is 6.54 Å². The van der Waals surface area contributed by atoms with Crippen molar-refractivity contribution in [3.8, 4) is 11.3 Å². The molecule has 1 saturated heterocycles. The molecule has 1 fully saturated rings. The SMILES string of the molecule is Nc1ncnc2ccc(-c3cc(F)cc(CN4CCNCC4)c3)nc12. The van der Waals surface area contributed by atoms with E-state index in [1.54, 1.807) is 6.07 Å². The lowest BCUT2D eigenvalue weighted by atomic mass is 10.1. The first-order chi connectivity index (χ1) is 12.2. The van der Waals surface area contributed by atoms with E-state index in [1.807, 2.05) is 18.2 Å². The van der Waals surface area contributed by atoms with E-state index in [0.29, 0.717) is 22.5 Å². The molecule has 2 aromatic heterocycles. The van der Waals surface area contributed by atoms with E-state index < -0.39 is 0 Å². The van der Waals surface area contributed by atoms with Crippen LogP contribution in [0.5, 0.6) is 0 Å². The van der Waals surface area contributed by atoms with Crippen LogP contribution in [0.4, 0.5) is 10.2 Å². The third-order valence-electron chi connectivity index (χ3n) is 4.38. The first-order valence-electron chi connectivity index (χ1n) is 8.29. The molecule has 0 unspecified atom stereocenters. The minimum Gasteiger partial charge on any atom is -0.382 e. The van der Waals surface area contributed by atoms with E-state index >= 15 is 0 Å². The Hall–Kier alpha value is -2.64. The summed E-state index contributed by atoms with van der Waals surface area (Å²) in [7, 11) is 0. The number of hydrogen-bond acceptors (Lipinski definition) is 6. The zero-order chi connectivity index (χ0) is 17.2. The van der Waals surface area contributed by atoms with Crippen LogP contribution in [0.3, 0.4) is 0 Å². The molecule has 0 spiro atoms. The quantitative estimate of drug-likeness (QED) is 0.758. The van der Waals surface area contributed by atoms with Crippen LogP contribution < -0.4 is 11.1 Å². The predicted octanol–water partition coefficient (Wildman–Crippen LogP) is 1.82. The van der Waals surface area contributed by atoms with Crippen LogP contribution in [0.2, 0.25) is 0 Å². The van der Waals surface area contributed by atoms with Crippen molar-refractivity contribution in [3.05, 3.63) is 48.0 Å². The monoisotopic (exact) mass is 338 g/mol. The van der Waals surface area contributed by atoms with Crippen molar-refractivity contribution in [1.29, 1.82) is 0 Å². The zero-order valence-corrected chi connectivity index (χ0v) is 13.7. The molecule has 1 aliphatic heterocycles. The fraction of sp³-hybridized carbons (Fsp3) is 0.278. The molecule has 3 aromatic rings. The lowest BCUT2D eigenvalue weighted by Gasteiger charge is -2.27. The fourth-order valence-electron chi connectivity index (χ4n) is 3.14. The van der Waals surface area contributed by atoms with Gasteiger partial charge in [0.1, 0.15) is 17.7 Å². The van der Waals surface area contributed by atoms with Crippen molar-refractivity contribution in [2.75, 3.05) is 31.9 Å². The largest absolute Gasteiger partial charge is 0.382 e. The molecule has 7 heteroatoms. The summed E-state index contributed by atoms with van der Waals surface area (Å²) in [6.07, 6.45) is 1.41. The third kappa shape index (κ3) is 3.42. The van der Waals surface area contributed by atoms with Gasteiger partial charge < -0.3 is 11.1 Å². The number of benzene rings is 1. The van der Waals surface area contributed by atoms with Gasteiger partial charge in [-0.1, -0.05) is 0 Å². The van der Waals surface area contributed by atoms with Gasteiger partial charge >= 0.3 is 0 Å². The number of hydrogen-bond donors (Lipinski definition) is 2. The standard InChI is InChI=1S/C18H19FN6/c19-14-8-12(10-25-5-3-21-4-6-25)7-13(9-14)15-1-2-16-17(24-15)18(20)23-11-22-16/h1-2,7-9,11,21H,3-6,10H2,(H2,20,22,23). The lowest BCUT2D eigenvalue weighted by Crippen LogP contribution is -2.42. The van der Waals surface area contributed by atoms with Crippen molar-refractivity contribution in [1.82, 2.24) is 25.2 Å². The van der Waals surface area contributed by atoms with Crippen LogP contribution in [0.15, 0.2) is 36.7 Å². The molecular formula is C18H19FN6. The number of nitrogens with two attached hydrogens (primary N) is 1. The maximum Gasteiger partial charge on any atom is 0.153 e. The third-order valence-corrected chi connectivity index (χ3v) is 4.38. The molecule has 25 heavy (non-hydrogen) atoms. The van der Waals surface area contributed by atoms with E-state index in [0.717, 1.165) is 43.9 Å². The lowest BCUT2D eigenvalue weighted by molar-refractivity contribution is 0.233. The summed E-state index contributed by atoms with van der Waals surface area (Å²) in [6, 6.07) is 8.73. The van der Waals surface area contributed by atoms with Crippen LogP contribution in [0, 0.1) is 5.82 Å². The molecule has 128 valence electrons. The number of pyridine rings is 1. The molecule has 0 aliphatic carbocycles. The van der Waals surface area contributed by atoms with Gasteiger partial charge in [0.25, 0.3) is 0 Å². The van der Waals surface area contributed by atoms with Crippen LogP contribution in [0.25, 0.3) is 22.3 Å². The highest BCUT2D eigenvalue weighted by molar-refractivity contribution is 5.85. The Balaban J connectivity index is 1.69. The smallest absolute Gasteiger partial charge is 0.153 e. The summed E-state index contributed by atoms with van der Waals surface area (Å²) >= 11 is 0. The predicted molar refractivity (Wildman–Crippen MR) is 95.3 cm³/mol. The van der Waals surface area contributed by atoms with Crippen LogP contribution in [0.1, 0.15) is 5.56 Å². The number of fused-ring (bicyclic) bond motifs is 1. The van der Waals surface area contributed by atoms with E-state index in [1.165, 1.54) is 12.4 Å². The van der Waals surface area contributed by atoms with E-state index in [4.69, 9.17) is 5.73 Å². The number of nitrogen functional groups attached to an aromatic ring is 1. The normalized spacial score (nSPS) is 15.6. The molecule has 3 N–H and O–H groups in total. The highest BCUT2D eigenvalue weighted by Gasteiger charge is 2.12. The minimum absolute atomic E-state index is 0.262. The van der Waals surface area contributed by atoms with Crippen LogP contribution >= 0.6 is 0 Å². The average molecular weight is 338 g/mol. The Kier molecular flexibility index (Phi) is 4.25. The van der Waals surface area contributed by atoms with E-state index in [2.05, 4.69) is 25.2 Å². The summed E-state index contributed by atoms with van der Waals surface area (Å²) in [4.78, 5) is 15.0. The minimum atomic E-state index is -0.262. The number of nitrogens with zero attached hydrogens (tertiary/aromatic N) is 4. The van der Waals surface area contributed by atoms with Gasteiger partial charge in [-0.2, -0.15) is 0 Å². The van der Waals surface area contributed by atoms with Crippen molar-refractivity contribution in [3.63, 3.8) is 0 Å². The van der Waals surface area contributed by atoms with Crippen molar-refractivity contribution in [2.24, 2.45) is 0 Å². The molecule has 0 bridgehead atoms. The second-order valence-electron chi connectivity index (χ2n) is 6.20. The van der Waals surface area contributed by atoms with Gasteiger partial charge in [0, 0.05) is 38.3 Å². The van der Waals surface area contributed by atoms with Gasteiger partial charge in [-0.3, -0.25) is 4.90 Å². The van der Waals surface area contributed by atoms with Gasteiger partial charge in [0.05, 0.1) is 11.2 Å². The molecular weight excluding hydrogens is 319 g/mol. The van der Waals surface area contributed by atoms with E-state index in [9.17, 15) is 4.39 Å². The number of anilines is 1. The second kappa shape index (κ2) is 6.70. The highest BCUT2D eigenvalue weighted by atomic mass is 19.1. The number of halogens is 1. The number of rotatable bonds is 3. The summed E-state index contributed by atoms with van der Waals surface area (Å²) in [5.74, 6) is 0.0612. The summed E-state index contributed by atoms with van der Waals surface area (Å²) < 4.78 is 14.2. The topological polar surface area (TPSA) is 80.0 Å².